The predicted molar refractivity (Wildman–Crippen MR) is 134 cm³/mol. The van der Waals surface area contributed by atoms with Crippen molar-refractivity contribution in [3.8, 4) is 11.8 Å². The highest BCUT2D eigenvalue weighted by atomic mass is 19.4. The molecule has 0 fully saturated rings. The number of nitrogens with one attached hydrogen (secondary N) is 1. The summed E-state index contributed by atoms with van der Waals surface area (Å²) in [5.41, 5.74) is 2.66. The Kier molecular flexibility index (Phi) is 6.96. The Morgan fingerprint density at radius 1 is 1.08 bits per heavy atom. The number of amides is 2. The van der Waals surface area contributed by atoms with Crippen molar-refractivity contribution >= 4 is 29.5 Å². The standard InChI is InChI=1S/C27H19F3N6O3/c28-27(29,30)25(37)39-17-20-8-10-21(15-19(20)9-11-22-16-31-24-7-4-13-32-35(22)24)34-26(38)36-23(12-14-33-36)18-5-2-1-3-6-18/h1-8,10,13-16,23H,12,17H2,(H,34,38)/t23-/m0/s1. The fourth-order valence-electron chi connectivity index (χ4n) is 3.91. The van der Waals surface area contributed by atoms with Crippen molar-refractivity contribution in [2.75, 3.05) is 5.32 Å². The van der Waals surface area contributed by atoms with Gasteiger partial charge in [-0.1, -0.05) is 42.3 Å². The monoisotopic (exact) mass is 532 g/mol. The number of ether oxygens (including phenoxy) is 1. The molecule has 2 amide bonds. The summed E-state index contributed by atoms with van der Waals surface area (Å²) in [5, 5.41) is 12.4. The molecule has 196 valence electrons. The van der Waals surface area contributed by atoms with Crippen LogP contribution in [0.15, 0.2) is 78.2 Å². The SMILES string of the molecule is O=C(Nc1ccc(COC(=O)C(F)(F)F)c(C#Cc2cnc3cccnn23)c1)N1N=CC[C@H]1c1ccccc1. The van der Waals surface area contributed by atoms with Gasteiger partial charge in [-0.25, -0.2) is 24.1 Å². The van der Waals surface area contributed by atoms with Crippen LogP contribution in [0, 0.1) is 11.8 Å². The van der Waals surface area contributed by atoms with Crippen LogP contribution in [-0.2, 0) is 16.1 Å². The number of hydrogen-bond acceptors (Lipinski definition) is 6. The number of nitrogens with zero attached hydrogens (tertiary/aromatic N) is 5. The summed E-state index contributed by atoms with van der Waals surface area (Å²) < 4.78 is 43.9. The van der Waals surface area contributed by atoms with Crippen molar-refractivity contribution in [2.24, 2.45) is 5.10 Å². The van der Waals surface area contributed by atoms with Crippen LogP contribution < -0.4 is 5.32 Å². The minimum Gasteiger partial charge on any atom is -0.454 e. The first-order valence-electron chi connectivity index (χ1n) is 11.6. The van der Waals surface area contributed by atoms with E-state index in [4.69, 9.17) is 0 Å². The van der Waals surface area contributed by atoms with Gasteiger partial charge >= 0.3 is 18.2 Å². The van der Waals surface area contributed by atoms with Gasteiger partial charge < -0.3 is 10.1 Å². The largest absolute Gasteiger partial charge is 0.490 e. The lowest BCUT2D eigenvalue weighted by Crippen LogP contribution is -2.31. The third-order valence-electron chi connectivity index (χ3n) is 5.78. The highest BCUT2D eigenvalue weighted by Crippen LogP contribution is 2.29. The number of hydrogen-bond donors (Lipinski definition) is 1. The number of benzene rings is 2. The third kappa shape index (κ3) is 5.72. The molecule has 0 spiro atoms. The van der Waals surface area contributed by atoms with E-state index >= 15 is 0 Å². The van der Waals surface area contributed by atoms with Gasteiger partial charge in [-0.3, -0.25) is 0 Å². The lowest BCUT2D eigenvalue weighted by Gasteiger charge is -2.22. The van der Waals surface area contributed by atoms with Crippen molar-refractivity contribution in [1.82, 2.24) is 19.6 Å². The average molecular weight is 532 g/mol. The maximum absolute atomic E-state index is 13.1. The number of hydrazone groups is 1. The minimum atomic E-state index is -5.13. The average Bonchev–Trinajstić information content (AvgIpc) is 3.59. The number of imidazole rings is 1. The first-order chi connectivity index (χ1) is 18.8. The Morgan fingerprint density at radius 2 is 1.90 bits per heavy atom. The summed E-state index contributed by atoms with van der Waals surface area (Å²) in [6.07, 6.45) is 0.121. The molecule has 9 nitrogen and oxygen atoms in total. The molecule has 0 unspecified atom stereocenters. The van der Waals surface area contributed by atoms with Crippen molar-refractivity contribution in [3.05, 3.63) is 95.4 Å². The zero-order chi connectivity index (χ0) is 27.4. The molecule has 0 radical (unpaired) electrons. The Balaban J connectivity index is 1.41. The van der Waals surface area contributed by atoms with E-state index in [0.717, 1.165) is 5.56 Å². The number of carbonyl (C=O) groups excluding carboxylic acids is 2. The van der Waals surface area contributed by atoms with Gasteiger partial charge in [-0.05, 0) is 35.7 Å². The number of halogens is 3. The maximum atomic E-state index is 13.1. The van der Waals surface area contributed by atoms with Gasteiger partial charge in [0.05, 0.1) is 12.2 Å². The van der Waals surface area contributed by atoms with Crippen LogP contribution in [0.4, 0.5) is 23.7 Å². The molecule has 0 saturated carbocycles. The topological polar surface area (TPSA) is 101 Å². The summed E-state index contributed by atoms with van der Waals surface area (Å²) >= 11 is 0. The Labute approximate surface area is 219 Å². The van der Waals surface area contributed by atoms with Gasteiger partial charge in [-0.15, -0.1) is 0 Å². The number of urea groups is 1. The van der Waals surface area contributed by atoms with Crippen molar-refractivity contribution in [2.45, 2.75) is 25.2 Å². The van der Waals surface area contributed by atoms with E-state index in [1.165, 1.54) is 33.9 Å². The zero-order valence-electron chi connectivity index (χ0n) is 20.1. The molecule has 4 aromatic rings. The maximum Gasteiger partial charge on any atom is 0.490 e. The van der Waals surface area contributed by atoms with Gasteiger partial charge in [0, 0.05) is 35.6 Å². The van der Waals surface area contributed by atoms with Crippen molar-refractivity contribution in [3.63, 3.8) is 0 Å². The first kappa shape index (κ1) is 25.5. The van der Waals surface area contributed by atoms with E-state index in [9.17, 15) is 22.8 Å². The molecule has 0 saturated heterocycles. The molecule has 5 rings (SSSR count). The predicted octanol–water partition coefficient (Wildman–Crippen LogP) is 4.70. The van der Waals surface area contributed by atoms with Crippen molar-refractivity contribution < 1.29 is 27.5 Å². The number of aromatic nitrogens is 3. The highest BCUT2D eigenvalue weighted by Gasteiger charge is 2.41. The van der Waals surface area contributed by atoms with Crippen LogP contribution in [-0.4, -0.2) is 44.0 Å². The number of alkyl halides is 3. The number of rotatable bonds is 4. The molecular formula is C27H19F3N6O3. The van der Waals surface area contributed by atoms with E-state index in [-0.39, 0.29) is 17.2 Å². The second-order valence-corrected chi connectivity index (χ2v) is 8.37. The van der Waals surface area contributed by atoms with Gasteiger partial charge in [0.25, 0.3) is 0 Å². The van der Waals surface area contributed by atoms with E-state index in [1.54, 1.807) is 24.5 Å². The van der Waals surface area contributed by atoms with E-state index in [1.807, 2.05) is 30.3 Å². The molecule has 1 aliphatic rings. The molecule has 2 aromatic carbocycles. The summed E-state index contributed by atoms with van der Waals surface area (Å²) in [4.78, 5) is 28.5. The van der Waals surface area contributed by atoms with E-state index < -0.39 is 24.8 Å². The van der Waals surface area contributed by atoms with Gasteiger partial charge in [0.15, 0.2) is 5.65 Å². The first-order valence-corrected chi connectivity index (χ1v) is 11.6. The van der Waals surface area contributed by atoms with Crippen LogP contribution in [0.1, 0.15) is 34.8 Å². The smallest absolute Gasteiger partial charge is 0.454 e. The molecule has 0 bridgehead atoms. The Hall–Kier alpha value is -5.18. The Morgan fingerprint density at radius 3 is 2.69 bits per heavy atom. The van der Waals surface area contributed by atoms with Gasteiger partial charge in [0.1, 0.15) is 12.3 Å². The number of esters is 1. The lowest BCUT2D eigenvalue weighted by molar-refractivity contribution is -0.201. The molecule has 1 N–H and O–H groups in total. The lowest BCUT2D eigenvalue weighted by atomic mass is 10.1. The van der Waals surface area contributed by atoms with Crippen molar-refractivity contribution in [1.29, 1.82) is 0 Å². The van der Waals surface area contributed by atoms with Gasteiger partial charge in [-0.2, -0.15) is 23.4 Å². The number of carbonyl (C=O) groups is 2. The zero-order valence-corrected chi connectivity index (χ0v) is 20.1. The normalized spacial score (nSPS) is 14.6. The number of fused-ring (bicyclic) bond motifs is 1. The summed E-state index contributed by atoms with van der Waals surface area (Å²) in [5.74, 6) is 3.44. The van der Waals surface area contributed by atoms with Crippen LogP contribution in [0.2, 0.25) is 0 Å². The molecule has 39 heavy (non-hydrogen) atoms. The second kappa shape index (κ2) is 10.7. The summed E-state index contributed by atoms with van der Waals surface area (Å²) in [6, 6.07) is 16.5. The van der Waals surface area contributed by atoms with E-state index in [0.29, 0.717) is 23.4 Å². The molecule has 1 atom stereocenters. The second-order valence-electron chi connectivity index (χ2n) is 8.37. The summed E-state index contributed by atoms with van der Waals surface area (Å²) in [7, 11) is 0. The minimum absolute atomic E-state index is 0.209. The quantitative estimate of drug-likeness (QED) is 0.303. The molecule has 0 aliphatic carbocycles. The number of anilines is 1. The van der Waals surface area contributed by atoms with Crippen LogP contribution in [0.3, 0.4) is 0 Å². The van der Waals surface area contributed by atoms with Crippen LogP contribution in [0.5, 0.6) is 0 Å². The molecule has 1 aliphatic heterocycles. The van der Waals surface area contributed by atoms with E-state index in [2.05, 4.69) is 37.1 Å². The highest BCUT2D eigenvalue weighted by molar-refractivity contribution is 5.91. The Bertz CT molecular complexity index is 1620. The fourth-order valence-corrected chi connectivity index (χ4v) is 3.91. The van der Waals surface area contributed by atoms with Crippen LogP contribution in [0.25, 0.3) is 5.65 Å². The van der Waals surface area contributed by atoms with Crippen LogP contribution >= 0.6 is 0 Å². The summed E-state index contributed by atoms with van der Waals surface area (Å²) in [6.45, 7) is -0.672. The molecular weight excluding hydrogens is 513 g/mol. The molecule has 3 heterocycles. The molecule has 2 aromatic heterocycles. The molecule has 12 heteroatoms. The third-order valence-corrected chi connectivity index (χ3v) is 5.78. The van der Waals surface area contributed by atoms with Gasteiger partial charge in [0.2, 0.25) is 0 Å². The fraction of sp³-hybridized carbons (Fsp3) is 0.148.